The van der Waals surface area contributed by atoms with Gasteiger partial charge in [0.05, 0.1) is 41.3 Å². The topological polar surface area (TPSA) is 103 Å². The third kappa shape index (κ3) is 5.42. The molecule has 4 heterocycles. The number of carbonyl (C=O) groups is 2. The molecule has 1 aromatic carbocycles. The second-order valence-electron chi connectivity index (χ2n) is 9.87. The molecule has 40 heavy (non-hydrogen) atoms. The first-order valence-electron chi connectivity index (χ1n) is 13.1. The van der Waals surface area contributed by atoms with Crippen molar-refractivity contribution in [2.75, 3.05) is 46.2 Å². The standard InChI is InChI=1S/C30H31FN6O3/c1-36(2)16-5-8-25(38)37-17-13-20(37)10-9-19-18-32-14-11-21(19)27-28(26-23(34-27)12-15-33-30(26)39)35-24-7-4-6-22(31)29(24)40-3/h4-8,11,14,18,20,34-35H,12-13,15-17H2,1-3H3,(H,33,39)/b8-5+/t20-/m1/s1. The SMILES string of the molecule is COc1c(F)cccc1Nc1c(-c2ccncc2C#C[C@@H]2CCN2C(=O)/C=C/CN(C)C)[nH]c2c1C(=O)NCC2. The average molecular weight is 543 g/mol. The number of hydrogen-bond acceptors (Lipinski definition) is 6. The Kier molecular flexibility index (Phi) is 7.84. The number of methoxy groups -OCH3 is 1. The second kappa shape index (κ2) is 11.6. The number of halogens is 1. The number of rotatable bonds is 7. The van der Waals surface area contributed by atoms with Crippen molar-refractivity contribution in [1.82, 2.24) is 25.1 Å². The van der Waals surface area contributed by atoms with Crippen molar-refractivity contribution < 1.29 is 18.7 Å². The Labute approximate surface area is 232 Å². The van der Waals surface area contributed by atoms with Gasteiger partial charge < -0.3 is 30.2 Å². The number of likely N-dealkylation sites (tertiary alicyclic amines) is 1. The molecule has 0 spiro atoms. The summed E-state index contributed by atoms with van der Waals surface area (Å²) in [6.45, 7) is 1.85. The van der Waals surface area contributed by atoms with Crippen LogP contribution >= 0.6 is 0 Å². The molecule has 2 aromatic heterocycles. The normalized spacial score (nSPS) is 16.2. The number of para-hydroxylation sites is 1. The van der Waals surface area contributed by atoms with Gasteiger partial charge >= 0.3 is 0 Å². The highest BCUT2D eigenvalue weighted by atomic mass is 19.1. The first kappa shape index (κ1) is 27.0. The number of aromatic nitrogens is 2. The maximum atomic E-state index is 14.5. The van der Waals surface area contributed by atoms with Gasteiger partial charge in [-0.2, -0.15) is 0 Å². The van der Waals surface area contributed by atoms with Crippen molar-refractivity contribution in [1.29, 1.82) is 0 Å². The Morgan fingerprint density at radius 2 is 2.20 bits per heavy atom. The fourth-order valence-corrected chi connectivity index (χ4v) is 4.79. The van der Waals surface area contributed by atoms with Crippen LogP contribution in [0, 0.1) is 17.7 Å². The highest BCUT2D eigenvalue weighted by molar-refractivity contribution is 6.06. The van der Waals surface area contributed by atoms with Gasteiger partial charge in [-0.3, -0.25) is 14.6 Å². The number of nitrogens with one attached hydrogen (secondary N) is 3. The molecule has 1 fully saturated rings. The quantitative estimate of drug-likeness (QED) is 0.313. The van der Waals surface area contributed by atoms with E-state index < -0.39 is 5.82 Å². The maximum absolute atomic E-state index is 14.5. The van der Waals surface area contributed by atoms with E-state index in [-0.39, 0.29) is 23.6 Å². The van der Waals surface area contributed by atoms with Crippen LogP contribution in [-0.2, 0) is 11.2 Å². The van der Waals surface area contributed by atoms with Gasteiger partial charge in [0.1, 0.15) is 0 Å². The van der Waals surface area contributed by atoms with Crippen LogP contribution in [0.4, 0.5) is 15.8 Å². The summed E-state index contributed by atoms with van der Waals surface area (Å²) >= 11 is 0. The minimum atomic E-state index is -0.519. The highest BCUT2D eigenvalue weighted by Gasteiger charge is 2.30. The number of nitrogens with zero attached hydrogens (tertiary/aromatic N) is 3. The minimum absolute atomic E-state index is 0.0451. The molecule has 0 saturated carbocycles. The molecule has 9 nitrogen and oxygen atoms in total. The van der Waals surface area contributed by atoms with Crippen molar-refractivity contribution in [3.63, 3.8) is 0 Å². The molecule has 3 N–H and O–H groups in total. The molecule has 0 radical (unpaired) electrons. The lowest BCUT2D eigenvalue weighted by Gasteiger charge is -2.36. The zero-order valence-electron chi connectivity index (χ0n) is 22.7. The maximum Gasteiger partial charge on any atom is 0.255 e. The second-order valence-corrected chi connectivity index (χ2v) is 9.87. The molecule has 0 unspecified atom stereocenters. The predicted molar refractivity (Wildman–Crippen MR) is 151 cm³/mol. The van der Waals surface area contributed by atoms with Crippen molar-refractivity contribution in [3.05, 3.63) is 71.4 Å². The molecule has 0 aliphatic carbocycles. The van der Waals surface area contributed by atoms with Crippen LogP contribution in [0.3, 0.4) is 0 Å². The highest BCUT2D eigenvalue weighted by Crippen LogP contribution is 2.40. The van der Waals surface area contributed by atoms with Gasteiger partial charge in [0.25, 0.3) is 5.91 Å². The largest absolute Gasteiger partial charge is 0.492 e. The number of amides is 2. The third-order valence-corrected chi connectivity index (χ3v) is 6.89. The fourth-order valence-electron chi connectivity index (χ4n) is 4.79. The smallest absolute Gasteiger partial charge is 0.255 e. The predicted octanol–water partition coefficient (Wildman–Crippen LogP) is 3.32. The number of aromatic amines is 1. The van der Waals surface area contributed by atoms with Gasteiger partial charge in [-0.1, -0.05) is 24.0 Å². The van der Waals surface area contributed by atoms with Gasteiger partial charge in [-0.15, -0.1) is 0 Å². The number of anilines is 2. The van der Waals surface area contributed by atoms with E-state index in [1.54, 1.807) is 35.5 Å². The number of carbonyl (C=O) groups excluding carboxylic acids is 2. The van der Waals surface area contributed by atoms with Crippen LogP contribution < -0.4 is 15.4 Å². The van der Waals surface area contributed by atoms with Gasteiger partial charge in [-0.05, 0) is 38.7 Å². The summed E-state index contributed by atoms with van der Waals surface area (Å²) in [5.74, 6) is 5.68. The molecule has 2 aliphatic heterocycles. The molecule has 0 bridgehead atoms. The van der Waals surface area contributed by atoms with Gasteiger partial charge in [0, 0.05) is 55.8 Å². The summed E-state index contributed by atoms with van der Waals surface area (Å²) in [4.78, 5) is 37.0. The van der Waals surface area contributed by atoms with E-state index in [0.29, 0.717) is 54.3 Å². The summed E-state index contributed by atoms with van der Waals surface area (Å²) in [7, 11) is 5.29. The summed E-state index contributed by atoms with van der Waals surface area (Å²) < 4.78 is 19.8. The minimum Gasteiger partial charge on any atom is -0.492 e. The van der Waals surface area contributed by atoms with E-state index in [0.717, 1.165) is 17.7 Å². The lowest BCUT2D eigenvalue weighted by Crippen LogP contribution is -2.49. The fraction of sp³-hybridized carbons (Fsp3) is 0.300. The van der Waals surface area contributed by atoms with Crippen LogP contribution in [0.2, 0.25) is 0 Å². The lowest BCUT2D eigenvalue weighted by atomic mass is 10.0. The molecule has 10 heteroatoms. The molecule has 5 rings (SSSR count). The Hall–Kier alpha value is -4.62. The molecule has 2 amide bonds. The van der Waals surface area contributed by atoms with Crippen LogP contribution in [-0.4, -0.2) is 78.5 Å². The van der Waals surface area contributed by atoms with E-state index in [2.05, 4.69) is 32.4 Å². The van der Waals surface area contributed by atoms with Crippen LogP contribution in [0.25, 0.3) is 11.3 Å². The van der Waals surface area contributed by atoms with E-state index >= 15 is 0 Å². The average Bonchev–Trinajstić information content (AvgIpc) is 3.27. The molecule has 3 aromatic rings. The lowest BCUT2D eigenvalue weighted by molar-refractivity contribution is -0.131. The third-order valence-electron chi connectivity index (χ3n) is 6.89. The Morgan fingerprint density at radius 3 is 2.95 bits per heavy atom. The summed E-state index contributed by atoms with van der Waals surface area (Å²) in [6, 6.07) is 6.20. The Balaban J connectivity index is 1.50. The molecule has 1 saturated heterocycles. The van der Waals surface area contributed by atoms with Crippen molar-refractivity contribution in [2.24, 2.45) is 0 Å². The summed E-state index contributed by atoms with van der Waals surface area (Å²) in [6.07, 6.45) is 8.16. The van der Waals surface area contributed by atoms with Gasteiger partial charge in [0.2, 0.25) is 5.91 Å². The number of H-pyrrole nitrogens is 1. The molecule has 2 aliphatic rings. The summed E-state index contributed by atoms with van der Waals surface area (Å²) in [5, 5.41) is 6.13. The number of benzene rings is 1. The van der Waals surface area contributed by atoms with Gasteiger partial charge in [0.15, 0.2) is 11.6 Å². The van der Waals surface area contributed by atoms with E-state index in [9.17, 15) is 14.0 Å². The van der Waals surface area contributed by atoms with Crippen molar-refractivity contribution >= 4 is 23.2 Å². The summed E-state index contributed by atoms with van der Waals surface area (Å²) in [5.41, 5.74) is 4.11. The van der Waals surface area contributed by atoms with Crippen LogP contribution in [0.1, 0.15) is 28.0 Å². The van der Waals surface area contributed by atoms with Crippen LogP contribution in [0.15, 0.2) is 48.8 Å². The number of hydrogen-bond donors (Lipinski definition) is 3. The van der Waals surface area contributed by atoms with E-state index in [1.165, 1.54) is 13.2 Å². The zero-order valence-corrected chi connectivity index (χ0v) is 22.7. The van der Waals surface area contributed by atoms with Crippen LogP contribution in [0.5, 0.6) is 5.75 Å². The molecule has 206 valence electrons. The molecular weight excluding hydrogens is 511 g/mol. The zero-order chi connectivity index (χ0) is 28.2. The molecule has 1 atom stereocenters. The number of ether oxygens (including phenoxy) is 1. The Bertz CT molecular complexity index is 1530. The monoisotopic (exact) mass is 542 g/mol. The Morgan fingerprint density at radius 1 is 1.35 bits per heavy atom. The first-order valence-corrected chi connectivity index (χ1v) is 13.1. The number of pyridine rings is 1. The molecular formula is C30H31FN6O3. The number of likely N-dealkylation sites (N-methyl/N-ethyl adjacent to an activating group) is 1. The van der Waals surface area contributed by atoms with E-state index in [4.69, 9.17) is 4.74 Å². The van der Waals surface area contributed by atoms with Crippen molar-refractivity contribution in [2.45, 2.75) is 18.9 Å². The number of fused-ring (bicyclic) bond motifs is 1. The van der Waals surface area contributed by atoms with E-state index in [1.807, 2.05) is 31.1 Å². The first-order chi connectivity index (χ1) is 19.4. The van der Waals surface area contributed by atoms with Gasteiger partial charge in [-0.25, -0.2) is 4.39 Å². The van der Waals surface area contributed by atoms with Crippen molar-refractivity contribution in [3.8, 4) is 28.8 Å².